The summed E-state index contributed by atoms with van der Waals surface area (Å²) < 4.78 is 40.1. The molecule has 0 aromatic heterocycles. The van der Waals surface area contributed by atoms with Crippen LogP contribution < -0.4 is 15.4 Å². The van der Waals surface area contributed by atoms with Gasteiger partial charge < -0.3 is 10.6 Å². The van der Waals surface area contributed by atoms with Gasteiger partial charge in [-0.1, -0.05) is 11.6 Å². The van der Waals surface area contributed by atoms with Gasteiger partial charge in [0.05, 0.1) is 4.90 Å². The van der Waals surface area contributed by atoms with E-state index in [1.54, 1.807) is 55.5 Å². The smallest absolute Gasteiger partial charge is 0.261 e. The van der Waals surface area contributed by atoms with Crippen molar-refractivity contribution in [2.24, 2.45) is 0 Å². The summed E-state index contributed by atoms with van der Waals surface area (Å²) in [6.07, 6.45) is 0. The maximum Gasteiger partial charge on any atom is 0.261 e. The molecule has 30 heavy (non-hydrogen) atoms. The molecular weight excluding hydrogens is 429 g/mol. The number of amides is 1. The minimum atomic E-state index is -3.83. The Labute approximate surface area is 179 Å². The molecule has 3 aromatic carbocycles. The molecule has 0 heterocycles. The van der Waals surface area contributed by atoms with Gasteiger partial charge in [-0.2, -0.15) is 0 Å². The lowest BCUT2D eigenvalue weighted by Gasteiger charge is -2.16. The van der Waals surface area contributed by atoms with Crippen LogP contribution in [0.4, 0.5) is 21.5 Å². The number of hydrogen-bond donors (Lipinski definition) is 3. The van der Waals surface area contributed by atoms with Gasteiger partial charge in [0, 0.05) is 22.1 Å². The van der Waals surface area contributed by atoms with E-state index in [2.05, 4.69) is 15.4 Å². The highest BCUT2D eigenvalue weighted by Gasteiger charge is 2.15. The summed E-state index contributed by atoms with van der Waals surface area (Å²) in [5.41, 5.74) is 1.60. The van der Waals surface area contributed by atoms with E-state index in [0.717, 1.165) is 12.1 Å². The average Bonchev–Trinajstić information content (AvgIpc) is 2.71. The fraction of sp³-hybridized carbons (Fsp3) is 0.0952. The van der Waals surface area contributed by atoms with Crippen LogP contribution in [0.2, 0.25) is 5.02 Å². The molecule has 0 aliphatic carbocycles. The first-order valence-corrected chi connectivity index (χ1v) is 10.8. The van der Waals surface area contributed by atoms with Crippen LogP contribution in [-0.4, -0.2) is 20.4 Å². The van der Waals surface area contributed by atoms with Crippen molar-refractivity contribution in [3.05, 3.63) is 83.6 Å². The maximum atomic E-state index is 13.0. The number of halogens is 2. The van der Waals surface area contributed by atoms with Crippen LogP contribution in [-0.2, 0) is 14.8 Å². The number of nitrogens with one attached hydrogen (secondary N) is 3. The van der Waals surface area contributed by atoms with Gasteiger partial charge in [0.2, 0.25) is 5.91 Å². The Hall–Kier alpha value is -3.10. The second-order valence-electron chi connectivity index (χ2n) is 6.50. The lowest BCUT2D eigenvalue weighted by Crippen LogP contribution is -2.31. The Kier molecular flexibility index (Phi) is 6.59. The highest BCUT2D eigenvalue weighted by molar-refractivity contribution is 7.92. The fourth-order valence-corrected chi connectivity index (χ4v) is 3.75. The van der Waals surface area contributed by atoms with E-state index >= 15 is 0 Å². The third-order valence-electron chi connectivity index (χ3n) is 4.15. The predicted molar refractivity (Wildman–Crippen MR) is 117 cm³/mol. The van der Waals surface area contributed by atoms with E-state index < -0.39 is 21.9 Å². The molecule has 0 bridgehead atoms. The number of carbonyl (C=O) groups excluding carboxylic acids is 1. The summed E-state index contributed by atoms with van der Waals surface area (Å²) in [5, 5.41) is 6.40. The number of anilines is 3. The van der Waals surface area contributed by atoms with Crippen LogP contribution in [0.5, 0.6) is 0 Å². The van der Waals surface area contributed by atoms with Crippen molar-refractivity contribution in [1.82, 2.24) is 0 Å². The maximum absolute atomic E-state index is 13.0. The highest BCUT2D eigenvalue weighted by atomic mass is 35.5. The van der Waals surface area contributed by atoms with E-state index in [1.165, 1.54) is 12.1 Å². The van der Waals surface area contributed by atoms with Crippen molar-refractivity contribution >= 4 is 44.6 Å². The van der Waals surface area contributed by atoms with Gasteiger partial charge in [-0.15, -0.1) is 0 Å². The molecule has 3 N–H and O–H groups in total. The summed E-state index contributed by atoms with van der Waals surface area (Å²) in [6, 6.07) is 17.2. The van der Waals surface area contributed by atoms with Crippen molar-refractivity contribution in [2.75, 3.05) is 15.4 Å². The van der Waals surface area contributed by atoms with Gasteiger partial charge in [0.1, 0.15) is 11.9 Å². The Bertz CT molecular complexity index is 1120. The molecule has 0 saturated heterocycles. The standard InChI is InChI=1S/C21H19ClFN3O3S/c1-14(21(27)25-18-6-2-15(22)3-7-18)24-17-8-10-19(11-9-17)26-30(28,29)20-12-4-16(23)5-13-20/h2-14,24,26H,1H3,(H,25,27). The molecule has 1 unspecified atom stereocenters. The van der Waals surface area contributed by atoms with Gasteiger partial charge >= 0.3 is 0 Å². The summed E-state index contributed by atoms with van der Waals surface area (Å²) in [4.78, 5) is 12.3. The van der Waals surface area contributed by atoms with Crippen LogP contribution in [0.15, 0.2) is 77.7 Å². The zero-order valence-corrected chi connectivity index (χ0v) is 17.5. The van der Waals surface area contributed by atoms with E-state index in [0.29, 0.717) is 22.1 Å². The Morgan fingerprint density at radius 1 is 0.867 bits per heavy atom. The van der Waals surface area contributed by atoms with Crippen molar-refractivity contribution in [3.8, 4) is 0 Å². The zero-order chi connectivity index (χ0) is 21.7. The van der Waals surface area contributed by atoms with E-state index in [-0.39, 0.29) is 10.8 Å². The Balaban J connectivity index is 1.60. The number of hydrogen-bond acceptors (Lipinski definition) is 4. The number of carbonyl (C=O) groups is 1. The molecule has 0 fully saturated rings. The molecule has 3 aromatic rings. The lowest BCUT2D eigenvalue weighted by molar-refractivity contribution is -0.116. The minimum Gasteiger partial charge on any atom is -0.374 e. The van der Waals surface area contributed by atoms with Gasteiger partial charge in [0.15, 0.2) is 0 Å². The SMILES string of the molecule is CC(Nc1ccc(NS(=O)(=O)c2ccc(F)cc2)cc1)C(=O)Nc1ccc(Cl)cc1. The topological polar surface area (TPSA) is 87.3 Å². The monoisotopic (exact) mass is 447 g/mol. The number of benzene rings is 3. The van der Waals surface area contributed by atoms with Gasteiger partial charge in [-0.25, -0.2) is 12.8 Å². The minimum absolute atomic E-state index is 0.0430. The van der Waals surface area contributed by atoms with E-state index in [9.17, 15) is 17.6 Å². The summed E-state index contributed by atoms with van der Waals surface area (Å²) in [7, 11) is -3.83. The molecular formula is C21H19ClFN3O3S. The molecule has 1 atom stereocenters. The Morgan fingerprint density at radius 3 is 2.00 bits per heavy atom. The van der Waals surface area contributed by atoms with Crippen molar-refractivity contribution in [1.29, 1.82) is 0 Å². The second-order valence-corrected chi connectivity index (χ2v) is 8.62. The molecule has 0 radical (unpaired) electrons. The van der Waals surface area contributed by atoms with Crippen molar-refractivity contribution in [3.63, 3.8) is 0 Å². The molecule has 9 heteroatoms. The molecule has 156 valence electrons. The predicted octanol–water partition coefficient (Wildman–Crippen LogP) is 4.72. The first kappa shape index (κ1) is 21.6. The lowest BCUT2D eigenvalue weighted by atomic mass is 10.2. The average molecular weight is 448 g/mol. The van der Waals surface area contributed by atoms with Crippen molar-refractivity contribution in [2.45, 2.75) is 17.9 Å². The second kappa shape index (κ2) is 9.15. The normalized spacial score (nSPS) is 12.1. The van der Waals surface area contributed by atoms with Crippen molar-refractivity contribution < 1.29 is 17.6 Å². The summed E-state index contributed by atoms with van der Waals surface area (Å²) in [5.74, 6) is -0.753. The third kappa shape index (κ3) is 5.71. The molecule has 1 amide bonds. The van der Waals surface area contributed by atoms with Gasteiger partial charge in [0.25, 0.3) is 10.0 Å². The highest BCUT2D eigenvalue weighted by Crippen LogP contribution is 2.20. The molecule has 0 saturated carbocycles. The van der Waals surface area contributed by atoms with Gasteiger partial charge in [-0.05, 0) is 79.7 Å². The summed E-state index contributed by atoms with van der Waals surface area (Å²) in [6.45, 7) is 1.70. The Morgan fingerprint density at radius 2 is 1.40 bits per heavy atom. The first-order chi connectivity index (χ1) is 14.2. The zero-order valence-electron chi connectivity index (χ0n) is 15.9. The third-order valence-corrected chi connectivity index (χ3v) is 5.80. The van der Waals surface area contributed by atoms with Gasteiger partial charge in [-0.3, -0.25) is 9.52 Å². The largest absolute Gasteiger partial charge is 0.374 e. The molecule has 6 nitrogen and oxygen atoms in total. The van der Waals surface area contributed by atoms with Crippen LogP contribution in [0.25, 0.3) is 0 Å². The van der Waals surface area contributed by atoms with Crippen LogP contribution >= 0.6 is 11.6 Å². The first-order valence-electron chi connectivity index (χ1n) is 8.94. The molecule has 0 spiro atoms. The van der Waals surface area contributed by atoms with Crippen LogP contribution in [0.3, 0.4) is 0 Å². The molecule has 0 aliphatic heterocycles. The number of rotatable bonds is 7. The van der Waals surface area contributed by atoms with E-state index in [4.69, 9.17) is 11.6 Å². The van der Waals surface area contributed by atoms with E-state index in [1.807, 2.05) is 0 Å². The fourth-order valence-electron chi connectivity index (χ4n) is 2.56. The number of sulfonamides is 1. The molecule has 0 aliphatic rings. The molecule has 3 rings (SSSR count). The summed E-state index contributed by atoms with van der Waals surface area (Å²) >= 11 is 5.83. The van der Waals surface area contributed by atoms with Crippen LogP contribution in [0, 0.1) is 5.82 Å². The van der Waals surface area contributed by atoms with Crippen LogP contribution in [0.1, 0.15) is 6.92 Å². The quantitative estimate of drug-likeness (QED) is 0.489.